The van der Waals surface area contributed by atoms with Crippen molar-refractivity contribution in [3.63, 3.8) is 0 Å². The molecule has 0 atom stereocenters. The van der Waals surface area contributed by atoms with Crippen LogP contribution in [-0.2, 0) is 11.3 Å². The molecule has 0 bridgehead atoms. The van der Waals surface area contributed by atoms with Gasteiger partial charge in [0.1, 0.15) is 11.5 Å². The van der Waals surface area contributed by atoms with Crippen LogP contribution in [0, 0.1) is 6.92 Å². The Kier molecular flexibility index (Phi) is 5.94. The maximum absolute atomic E-state index is 12.0. The van der Waals surface area contributed by atoms with E-state index in [1.165, 1.54) is 0 Å². The molecule has 138 valence electrons. The molecule has 1 aromatic heterocycles. The number of hydrogen-bond acceptors (Lipinski definition) is 3. The van der Waals surface area contributed by atoms with E-state index in [1.54, 1.807) is 36.4 Å². The summed E-state index contributed by atoms with van der Waals surface area (Å²) in [5.74, 6) is 0.749. The summed E-state index contributed by atoms with van der Waals surface area (Å²) in [5.41, 5.74) is 2.42. The summed E-state index contributed by atoms with van der Waals surface area (Å²) in [6, 6.07) is 18.1. The number of benzene rings is 2. The Labute approximate surface area is 162 Å². The minimum atomic E-state index is -0.291. The van der Waals surface area contributed by atoms with Gasteiger partial charge in [-0.15, -0.1) is 0 Å². The molecule has 5 nitrogen and oxygen atoms in total. The van der Waals surface area contributed by atoms with Crippen molar-refractivity contribution in [2.75, 3.05) is 6.54 Å². The molecule has 0 saturated heterocycles. The maximum Gasteiger partial charge on any atom is 0.251 e. The predicted octanol–water partition coefficient (Wildman–Crippen LogP) is 3.95. The first-order chi connectivity index (χ1) is 13.0. The van der Waals surface area contributed by atoms with Gasteiger partial charge >= 0.3 is 0 Å². The second-order valence-corrected chi connectivity index (χ2v) is 6.54. The standard InChI is InChI=1S/C21H19ClN2O3/c1-14-3-2-4-16(11-14)21(26)24-13-20(25)23-12-18-9-10-19(27-18)15-5-7-17(22)8-6-15/h2-11H,12-13H2,1H3,(H,23,25)(H,24,26). The van der Waals surface area contributed by atoms with Crippen LogP contribution in [0.3, 0.4) is 0 Å². The van der Waals surface area contributed by atoms with E-state index < -0.39 is 0 Å². The molecule has 0 radical (unpaired) electrons. The molecular weight excluding hydrogens is 364 g/mol. The van der Waals surface area contributed by atoms with Gasteiger partial charge in [0, 0.05) is 16.1 Å². The molecule has 0 saturated carbocycles. The zero-order valence-electron chi connectivity index (χ0n) is 14.8. The van der Waals surface area contributed by atoms with Crippen LogP contribution in [0.1, 0.15) is 21.7 Å². The van der Waals surface area contributed by atoms with Crippen LogP contribution in [-0.4, -0.2) is 18.4 Å². The quantitative estimate of drug-likeness (QED) is 0.678. The van der Waals surface area contributed by atoms with E-state index in [1.807, 2.05) is 31.2 Å². The number of halogens is 1. The van der Waals surface area contributed by atoms with Crippen molar-refractivity contribution in [3.05, 3.63) is 82.6 Å². The smallest absolute Gasteiger partial charge is 0.251 e. The number of rotatable bonds is 6. The van der Waals surface area contributed by atoms with Crippen molar-refractivity contribution in [2.45, 2.75) is 13.5 Å². The number of carbonyl (C=O) groups is 2. The Morgan fingerprint density at radius 3 is 2.52 bits per heavy atom. The first-order valence-electron chi connectivity index (χ1n) is 8.47. The third-order valence-corrected chi connectivity index (χ3v) is 4.19. The molecule has 3 rings (SSSR count). The molecule has 6 heteroatoms. The third-order valence-electron chi connectivity index (χ3n) is 3.94. The number of nitrogens with one attached hydrogen (secondary N) is 2. The zero-order valence-corrected chi connectivity index (χ0v) is 15.5. The molecule has 0 aliphatic heterocycles. The van der Waals surface area contributed by atoms with Crippen molar-refractivity contribution in [1.82, 2.24) is 10.6 Å². The molecule has 0 unspecified atom stereocenters. The summed E-state index contributed by atoms with van der Waals surface area (Å²) in [6.07, 6.45) is 0. The molecule has 2 N–H and O–H groups in total. The van der Waals surface area contributed by atoms with Gasteiger partial charge < -0.3 is 15.1 Å². The number of carbonyl (C=O) groups excluding carboxylic acids is 2. The Balaban J connectivity index is 1.48. The average Bonchev–Trinajstić information content (AvgIpc) is 3.14. The van der Waals surface area contributed by atoms with E-state index in [4.69, 9.17) is 16.0 Å². The fraction of sp³-hybridized carbons (Fsp3) is 0.143. The molecule has 2 amide bonds. The summed E-state index contributed by atoms with van der Waals surface area (Å²) in [4.78, 5) is 24.0. The van der Waals surface area contributed by atoms with E-state index in [2.05, 4.69) is 10.6 Å². The first kappa shape index (κ1) is 18.7. The monoisotopic (exact) mass is 382 g/mol. The number of hydrogen-bond donors (Lipinski definition) is 2. The van der Waals surface area contributed by atoms with E-state index in [-0.39, 0.29) is 24.9 Å². The lowest BCUT2D eigenvalue weighted by molar-refractivity contribution is -0.120. The molecular formula is C21H19ClN2O3. The first-order valence-corrected chi connectivity index (χ1v) is 8.85. The van der Waals surface area contributed by atoms with E-state index in [9.17, 15) is 9.59 Å². The van der Waals surface area contributed by atoms with E-state index in [0.717, 1.165) is 11.1 Å². The number of amides is 2. The fourth-order valence-corrected chi connectivity index (χ4v) is 2.67. The van der Waals surface area contributed by atoms with Gasteiger partial charge in [0.2, 0.25) is 5.91 Å². The maximum atomic E-state index is 12.0. The van der Waals surface area contributed by atoms with Crippen LogP contribution < -0.4 is 10.6 Å². The van der Waals surface area contributed by atoms with Gasteiger partial charge in [-0.1, -0.05) is 29.3 Å². The SMILES string of the molecule is Cc1cccc(C(=O)NCC(=O)NCc2ccc(-c3ccc(Cl)cc3)o2)c1. The molecule has 27 heavy (non-hydrogen) atoms. The summed E-state index contributed by atoms with van der Waals surface area (Å²) in [6.45, 7) is 2.05. The van der Waals surface area contributed by atoms with Crippen LogP contribution in [0.5, 0.6) is 0 Å². The van der Waals surface area contributed by atoms with Crippen molar-refractivity contribution in [2.24, 2.45) is 0 Å². The Bertz CT molecular complexity index is 948. The molecule has 3 aromatic rings. The lowest BCUT2D eigenvalue weighted by Gasteiger charge is -2.06. The van der Waals surface area contributed by atoms with Crippen LogP contribution in [0.2, 0.25) is 5.02 Å². The fourth-order valence-electron chi connectivity index (χ4n) is 2.54. The van der Waals surface area contributed by atoms with Gasteiger partial charge in [0.15, 0.2) is 0 Å². The van der Waals surface area contributed by atoms with Gasteiger partial charge in [-0.25, -0.2) is 0 Å². The van der Waals surface area contributed by atoms with E-state index in [0.29, 0.717) is 22.1 Å². The molecule has 1 heterocycles. The molecule has 0 spiro atoms. The van der Waals surface area contributed by atoms with Gasteiger partial charge in [-0.2, -0.15) is 0 Å². The summed E-state index contributed by atoms with van der Waals surface area (Å²) >= 11 is 5.88. The zero-order chi connectivity index (χ0) is 19.2. The third kappa shape index (κ3) is 5.21. The highest BCUT2D eigenvalue weighted by atomic mass is 35.5. The highest BCUT2D eigenvalue weighted by Gasteiger charge is 2.09. The van der Waals surface area contributed by atoms with Crippen LogP contribution in [0.25, 0.3) is 11.3 Å². The number of furan rings is 1. The largest absolute Gasteiger partial charge is 0.459 e. The highest BCUT2D eigenvalue weighted by Crippen LogP contribution is 2.23. The minimum absolute atomic E-state index is 0.0997. The van der Waals surface area contributed by atoms with Crippen molar-refractivity contribution >= 4 is 23.4 Å². The van der Waals surface area contributed by atoms with Gasteiger partial charge in [-0.3, -0.25) is 9.59 Å². The van der Waals surface area contributed by atoms with Gasteiger partial charge in [-0.05, 0) is 55.5 Å². The Hall–Kier alpha value is -3.05. The summed E-state index contributed by atoms with van der Waals surface area (Å²) in [7, 11) is 0. The van der Waals surface area contributed by atoms with Crippen molar-refractivity contribution in [1.29, 1.82) is 0 Å². The van der Waals surface area contributed by atoms with Gasteiger partial charge in [0.25, 0.3) is 5.91 Å². The van der Waals surface area contributed by atoms with Crippen LogP contribution in [0.15, 0.2) is 65.1 Å². The second-order valence-electron chi connectivity index (χ2n) is 6.10. The lowest BCUT2D eigenvalue weighted by Crippen LogP contribution is -2.36. The predicted molar refractivity (Wildman–Crippen MR) is 105 cm³/mol. The minimum Gasteiger partial charge on any atom is -0.459 e. The molecule has 0 fully saturated rings. The van der Waals surface area contributed by atoms with Gasteiger partial charge in [0.05, 0.1) is 13.1 Å². The topological polar surface area (TPSA) is 71.3 Å². The van der Waals surface area contributed by atoms with Crippen molar-refractivity contribution in [3.8, 4) is 11.3 Å². The Morgan fingerprint density at radius 2 is 1.78 bits per heavy atom. The summed E-state index contributed by atoms with van der Waals surface area (Å²) in [5, 5.41) is 5.98. The molecule has 2 aromatic carbocycles. The molecule has 0 aliphatic rings. The Morgan fingerprint density at radius 1 is 1.00 bits per heavy atom. The van der Waals surface area contributed by atoms with Crippen molar-refractivity contribution < 1.29 is 14.0 Å². The normalized spacial score (nSPS) is 10.4. The lowest BCUT2D eigenvalue weighted by atomic mass is 10.1. The molecule has 0 aliphatic carbocycles. The average molecular weight is 383 g/mol. The van der Waals surface area contributed by atoms with Crippen LogP contribution >= 0.6 is 11.6 Å². The second kappa shape index (κ2) is 8.56. The number of aryl methyl sites for hydroxylation is 1. The summed E-state index contributed by atoms with van der Waals surface area (Å²) < 4.78 is 5.72. The van der Waals surface area contributed by atoms with E-state index >= 15 is 0 Å². The van der Waals surface area contributed by atoms with Crippen LogP contribution in [0.4, 0.5) is 0 Å². The highest BCUT2D eigenvalue weighted by molar-refractivity contribution is 6.30.